The van der Waals surface area contributed by atoms with Crippen molar-refractivity contribution in [2.24, 2.45) is 0 Å². The summed E-state index contributed by atoms with van der Waals surface area (Å²) in [4.78, 5) is 1.10. The van der Waals surface area contributed by atoms with Gasteiger partial charge in [-0.25, -0.2) is 0 Å². The fraction of sp³-hybridized carbons (Fsp3) is 0.812. The van der Waals surface area contributed by atoms with Crippen molar-refractivity contribution in [1.82, 2.24) is 0 Å². The van der Waals surface area contributed by atoms with Gasteiger partial charge in [0, 0.05) is 8.80 Å². The predicted molar refractivity (Wildman–Crippen MR) is 198 cm³/mol. The molecule has 0 N–H and O–H groups in total. The first-order valence-corrected chi connectivity index (χ1v) is 33.1. The van der Waals surface area contributed by atoms with Gasteiger partial charge in [-0.3, -0.25) is 0 Å². The van der Waals surface area contributed by atoms with Gasteiger partial charge in [0.25, 0.3) is 0 Å². The Hall–Kier alpha value is 1.06. The molecule has 0 atom stereocenters. The SMILES string of the molecule is CC(C)(C)[Si](C)(C)C1[Si]([Si](C)(C)C(C)(C)C)[C]([Ge])(c2ccccc2)[Si]1[Si](C)(C)C(C)(C)C.C[Si](C)C(C)(C)C. The summed E-state index contributed by atoms with van der Waals surface area (Å²) in [7, 11) is -5.63. The van der Waals surface area contributed by atoms with Crippen molar-refractivity contribution in [3.8, 4) is 0 Å². The van der Waals surface area contributed by atoms with Crippen LogP contribution in [0.25, 0.3) is 0 Å². The van der Waals surface area contributed by atoms with Crippen LogP contribution >= 0.6 is 0 Å². The Morgan fingerprint density at radius 2 is 0.949 bits per heavy atom. The molecule has 0 amide bonds. The van der Waals surface area contributed by atoms with Crippen LogP contribution in [0.3, 0.4) is 0 Å². The minimum absolute atomic E-state index is 0.0502. The van der Waals surface area contributed by atoms with Crippen LogP contribution in [0.4, 0.5) is 0 Å². The smallest absolute Gasteiger partial charge is 0.0470 e. The zero-order chi connectivity index (χ0) is 31.4. The molecule has 1 aromatic carbocycles. The summed E-state index contributed by atoms with van der Waals surface area (Å²) < 4.78 is 0.489. The second-order valence-electron chi connectivity index (χ2n) is 18.3. The Labute approximate surface area is 263 Å². The van der Waals surface area contributed by atoms with E-state index in [4.69, 9.17) is 0 Å². The number of rotatable bonds is 4. The van der Waals surface area contributed by atoms with Gasteiger partial charge < -0.3 is 0 Å². The molecule has 0 aromatic heterocycles. The second kappa shape index (κ2) is 11.9. The van der Waals surface area contributed by atoms with Crippen LogP contribution in [0.5, 0.6) is 0 Å². The van der Waals surface area contributed by atoms with E-state index in [9.17, 15) is 0 Å². The maximum absolute atomic E-state index is 2.80. The molecule has 0 spiro atoms. The number of hydrogen-bond acceptors (Lipinski definition) is 0. The normalized spacial score (nSPS) is 22.9. The molecular weight excluding hydrogens is 625 g/mol. The van der Waals surface area contributed by atoms with Gasteiger partial charge in [0.15, 0.2) is 0 Å². The summed E-state index contributed by atoms with van der Waals surface area (Å²) in [6.45, 7) is 51.7. The molecule has 1 heterocycles. The summed E-state index contributed by atoms with van der Waals surface area (Å²) in [5, 5.41) is 1.98. The summed E-state index contributed by atoms with van der Waals surface area (Å²) in [5.74, 6) is 0. The molecule has 2 rings (SSSR count). The molecule has 222 valence electrons. The third-order valence-electron chi connectivity index (χ3n) is 11.8. The van der Waals surface area contributed by atoms with Gasteiger partial charge >= 0.3 is 217 Å². The molecule has 0 nitrogen and oxygen atoms in total. The van der Waals surface area contributed by atoms with Crippen molar-refractivity contribution in [1.29, 1.82) is 0 Å². The maximum Gasteiger partial charge on any atom is 0.0470 e. The Balaban J connectivity index is 0.000000956. The first-order chi connectivity index (χ1) is 16.9. The van der Waals surface area contributed by atoms with E-state index in [1.54, 1.807) is 5.56 Å². The fourth-order valence-corrected chi connectivity index (χ4v) is 92.7. The molecular formula is C32H66GeSi6. The first kappa shape index (κ1) is 38.1. The van der Waals surface area contributed by atoms with Gasteiger partial charge in [-0.05, 0) is 5.04 Å². The zero-order valence-corrected chi connectivity index (χ0v) is 38.1. The molecule has 6 radical (unpaired) electrons. The first-order valence-electron chi connectivity index (χ1n) is 15.3. The molecule has 0 bridgehead atoms. The van der Waals surface area contributed by atoms with E-state index >= 15 is 0 Å². The standard InChI is InChI=1S/C26H51GeSi5.C6H15Si/c1-23(2,3)30(10,11)22-28(31(12,13)24(4,5)6)26(27,21-19-17-16-18-20-21)29(22)32(14,15)25(7,8)9;1-6(2,3)7(4)5/h16-20,22H,1-15H3;1-5H3. The summed E-state index contributed by atoms with van der Waals surface area (Å²) in [6.07, 6.45) is 0. The van der Waals surface area contributed by atoms with Crippen LogP contribution in [0.15, 0.2) is 30.3 Å². The van der Waals surface area contributed by atoms with Crippen molar-refractivity contribution < 1.29 is 0 Å². The fourth-order valence-electron chi connectivity index (χ4n) is 5.27. The third-order valence-corrected chi connectivity index (χ3v) is 71.8. The van der Waals surface area contributed by atoms with Crippen molar-refractivity contribution in [3.05, 3.63) is 35.9 Å². The molecule has 1 fully saturated rings. The van der Waals surface area contributed by atoms with Crippen LogP contribution < -0.4 is 0 Å². The van der Waals surface area contributed by atoms with Crippen molar-refractivity contribution in [3.63, 3.8) is 0 Å². The molecule has 0 unspecified atom stereocenters. The van der Waals surface area contributed by atoms with Gasteiger partial charge in [0.2, 0.25) is 0 Å². The minimum atomic E-state index is -1.49. The van der Waals surface area contributed by atoms with Crippen LogP contribution in [0, 0.1) is 0 Å². The molecule has 1 saturated heterocycles. The monoisotopic (exact) mass is 692 g/mol. The van der Waals surface area contributed by atoms with Gasteiger partial charge in [-0.15, -0.1) is 0 Å². The van der Waals surface area contributed by atoms with E-state index in [0.29, 0.717) is 23.6 Å². The van der Waals surface area contributed by atoms with Crippen LogP contribution in [-0.2, 0) is 3.49 Å². The summed E-state index contributed by atoms with van der Waals surface area (Å²) in [5.41, 5.74) is 1.72. The van der Waals surface area contributed by atoms with Crippen LogP contribution in [0.1, 0.15) is 88.6 Å². The third kappa shape index (κ3) is 7.25. The van der Waals surface area contributed by atoms with Gasteiger partial charge in [-0.1, -0.05) is 33.9 Å². The van der Waals surface area contributed by atoms with E-state index in [0.717, 1.165) is 4.79 Å². The molecule has 39 heavy (non-hydrogen) atoms. The van der Waals surface area contributed by atoms with Crippen molar-refractivity contribution in [2.45, 2.75) is 164 Å². The number of benzene rings is 1. The Bertz CT molecular complexity index is 906. The van der Waals surface area contributed by atoms with Gasteiger partial charge in [0.05, 0.1) is 0 Å². The Morgan fingerprint density at radius 1 is 0.641 bits per heavy atom. The zero-order valence-electron chi connectivity index (χ0n) is 30.0. The minimum Gasteiger partial charge on any atom is -0.0709 e. The quantitative estimate of drug-likeness (QED) is 0.276. The molecule has 0 aliphatic carbocycles. The van der Waals surface area contributed by atoms with Crippen molar-refractivity contribution >= 4 is 65.2 Å². The van der Waals surface area contributed by atoms with E-state index in [2.05, 4.69) is 182 Å². The van der Waals surface area contributed by atoms with E-state index in [1.165, 1.54) is 0 Å². The average molecular weight is 692 g/mol. The van der Waals surface area contributed by atoms with E-state index < -0.39 is 39.9 Å². The average Bonchev–Trinajstić information content (AvgIpc) is 2.69. The second-order valence-corrected chi connectivity index (χ2v) is 57.8. The topological polar surface area (TPSA) is 0 Å². The van der Waals surface area contributed by atoms with E-state index in [-0.39, 0.29) is 8.80 Å². The maximum atomic E-state index is 2.80. The molecule has 1 aliphatic rings. The summed E-state index contributed by atoms with van der Waals surface area (Å²) in [6, 6.07) is 11.9. The van der Waals surface area contributed by atoms with Crippen LogP contribution in [-0.4, -0.2) is 65.2 Å². The van der Waals surface area contributed by atoms with Gasteiger partial charge in [0.1, 0.15) is 0 Å². The Morgan fingerprint density at radius 3 is 1.18 bits per heavy atom. The molecule has 0 saturated carbocycles. The largest absolute Gasteiger partial charge is 0.0709 e. The summed E-state index contributed by atoms with van der Waals surface area (Å²) >= 11 is 2.80. The molecule has 1 aliphatic heterocycles. The molecule has 7 heteroatoms. The van der Waals surface area contributed by atoms with Crippen molar-refractivity contribution in [2.75, 3.05) is 0 Å². The molecule has 1 aromatic rings. The van der Waals surface area contributed by atoms with Gasteiger partial charge in [-0.2, -0.15) is 0 Å². The van der Waals surface area contributed by atoms with Crippen LogP contribution in [0.2, 0.25) is 77.3 Å². The number of hydrogen-bond donors (Lipinski definition) is 0. The van der Waals surface area contributed by atoms with E-state index in [1.807, 2.05) is 0 Å². The predicted octanol–water partition coefficient (Wildman–Crippen LogP) is 10.8. The Kier molecular flexibility index (Phi) is 11.6.